The smallest absolute Gasteiger partial charge is 0.0594 e. The van der Waals surface area contributed by atoms with Crippen LogP contribution >= 0.6 is 0 Å². The molecule has 0 saturated heterocycles. The second kappa shape index (κ2) is 7.15. The molecule has 0 amide bonds. The van der Waals surface area contributed by atoms with Gasteiger partial charge in [0, 0.05) is 6.61 Å². The third-order valence-corrected chi connectivity index (χ3v) is 15.3. The molecule has 194 valence electrons. The van der Waals surface area contributed by atoms with E-state index >= 15 is 0 Å². The van der Waals surface area contributed by atoms with Crippen molar-refractivity contribution in [1.29, 1.82) is 0 Å². The molecule has 2 N–H and O–H groups in total. The molecule has 0 heterocycles. The summed E-state index contributed by atoms with van der Waals surface area (Å²) in [6.45, 7) is 24.9. The summed E-state index contributed by atoms with van der Waals surface area (Å²) >= 11 is 0. The number of rotatable bonds is 2. The Morgan fingerprint density at radius 2 is 1.32 bits per heavy atom. The van der Waals surface area contributed by atoms with E-state index in [2.05, 4.69) is 62.0 Å². The van der Waals surface area contributed by atoms with Crippen LogP contribution < -0.4 is 0 Å². The van der Waals surface area contributed by atoms with Crippen molar-refractivity contribution < 1.29 is 10.2 Å². The summed E-state index contributed by atoms with van der Waals surface area (Å²) in [5.74, 6) is 1.98. The van der Waals surface area contributed by atoms with Gasteiger partial charge in [0.2, 0.25) is 0 Å². The minimum absolute atomic E-state index is 0.0145. The lowest BCUT2D eigenvalue weighted by Gasteiger charge is -2.75. The van der Waals surface area contributed by atoms with E-state index in [9.17, 15) is 10.2 Å². The molecule has 5 aliphatic rings. The van der Waals surface area contributed by atoms with E-state index in [1.54, 1.807) is 0 Å². The Morgan fingerprint density at radius 3 is 1.94 bits per heavy atom. The first-order chi connectivity index (χ1) is 15.6. The van der Waals surface area contributed by atoms with Gasteiger partial charge < -0.3 is 10.2 Å². The summed E-state index contributed by atoms with van der Waals surface area (Å²) in [6.07, 6.45) is 11.9. The number of hydrogen-bond donors (Lipinski definition) is 2. The lowest BCUT2D eigenvalue weighted by molar-refractivity contribution is -0.273. The normalized spacial score (nSPS) is 58.3. The molecule has 2 heteroatoms. The average molecular weight is 471 g/mol. The predicted octanol–water partition coefficient (Wildman–Crippen LogP) is 7.78. The molecule has 5 aliphatic carbocycles. The first kappa shape index (κ1) is 25.3. The Kier molecular flexibility index (Phi) is 5.32. The Morgan fingerprint density at radius 1 is 0.735 bits per heavy atom. The van der Waals surface area contributed by atoms with Gasteiger partial charge in [-0.3, -0.25) is 0 Å². The van der Waals surface area contributed by atoms with Crippen LogP contribution in [0.15, 0.2) is 12.2 Å². The minimum atomic E-state index is -0.157. The summed E-state index contributed by atoms with van der Waals surface area (Å²) in [4.78, 5) is 0. The van der Waals surface area contributed by atoms with Gasteiger partial charge in [0.25, 0.3) is 0 Å². The highest BCUT2D eigenvalue weighted by molar-refractivity contribution is 5.29. The van der Waals surface area contributed by atoms with Crippen LogP contribution in [0.3, 0.4) is 0 Å². The number of aliphatic hydroxyl groups is 2. The van der Waals surface area contributed by atoms with E-state index in [1.165, 1.54) is 56.9 Å². The lowest BCUT2D eigenvalue weighted by Crippen LogP contribution is -2.69. The maximum atomic E-state index is 11.0. The van der Waals surface area contributed by atoms with Crippen molar-refractivity contribution in [3.05, 3.63) is 12.2 Å². The first-order valence-corrected chi connectivity index (χ1v) is 14.6. The summed E-state index contributed by atoms with van der Waals surface area (Å²) < 4.78 is 0. The lowest BCUT2D eigenvalue weighted by atomic mass is 9.29. The zero-order valence-electron chi connectivity index (χ0n) is 23.7. The van der Waals surface area contributed by atoms with E-state index in [0.29, 0.717) is 34.7 Å². The molecule has 5 rings (SSSR count). The number of aliphatic hydroxyl groups excluding tert-OH is 2. The zero-order valence-corrected chi connectivity index (χ0v) is 23.7. The van der Waals surface area contributed by atoms with Crippen LogP contribution in [0, 0.1) is 55.7 Å². The van der Waals surface area contributed by atoms with Gasteiger partial charge in [-0.2, -0.15) is 0 Å². The molecule has 0 aromatic rings. The van der Waals surface area contributed by atoms with Gasteiger partial charge in [0.1, 0.15) is 0 Å². The van der Waals surface area contributed by atoms with Gasteiger partial charge in [-0.15, -0.1) is 0 Å². The number of allylic oxidation sites excluding steroid dienone is 1. The quantitative estimate of drug-likeness (QED) is 0.405. The van der Waals surface area contributed by atoms with Crippen LogP contribution in [0.5, 0.6) is 0 Å². The fourth-order valence-corrected chi connectivity index (χ4v) is 12.5. The number of hydrogen-bond acceptors (Lipinski definition) is 2. The Hall–Kier alpha value is -0.340. The van der Waals surface area contributed by atoms with E-state index < -0.39 is 0 Å². The highest BCUT2D eigenvalue weighted by Gasteiger charge is 2.76. The van der Waals surface area contributed by atoms with E-state index in [4.69, 9.17) is 0 Å². The Balaban J connectivity index is 1.61. The highest BCUT2D eigenvalue weighted by atomic mass is 16.3. The maximum Gasteiger partial charge on any atom is 0.0594 e. The summed E-state index contributed by atoms with van der Waals surface area (Å²) in [7, 11) is 0. The van der Waals surface area contributed by atoms with Crippen molar-refractivity contribution >= 4 is 0 Å². The fourth-order valence-electron chi connectivity index (χ4n) is 12.5. The molecule has 2 nitrogen and oxygen atoms in total. The Bertz CT molecular complexity index is 876. The van der Waals surface area contributed by atoms with Crippen molar-refractivity contribution in [3.8, 4) is 0 Å². The second-order valence-corrected chi connectivity index (χ2v) is 15.7. The molecule has 0 spiro atoms. The summed E-state index contributed by atoms with van der Waals surface area (Å²) in [6, 6.07) is 0. The van der Waals surface area contributed by atoms with Crippen LogP contribution in [-0.4, -0.2) is 22.9 Å². The molecule has 0 aromatic heterocycles. The van der Waals surface area contributed by atoms with Crippen molar-refractivity contribution in [2.45, 2.75) is 126 Å². The van der Waals surface area contributed by atoms with Crippen molar-refractivity contribution in [3.63, 3.8) is 0 Å². The van der Waals surface area contributed by atoms with Crippen LogP contribution in [0.25, 0.3) is 0 Å². The van der Waals surface area contributed by atoms with E-state index in [1.807, 2.05) is 0 Å². The van der Waals surface area contributed by atoms with Crippen LogP contribution in [0.2, 0.25) is 0 Å². The van der Waals surface area contributed by atoms with Crippen molar-refractivity contribution in [1.82, 2.24) is 0 Å². The van der Waals surface area contributed by atoms with Crippen molar-refractivity contribution in [2.75, 3.05) is 6.61 Å². The standard InChI is InChI=1S/C32H54O2/c1-21(2)28(6)16-18-32(20-33)19-17-30(8)24(31(28,32)9)11-10-23-27(5)14-13-25(34)26(3,4)22(27)12-15-29(23,30)7/h22-25,33-34H,1,10-20H2,2-9H3/t22?,23?,24-,25-,27-,28-,29+,30+,31-,32+/m0/s1. The first-order valence-electron chi connectivity index (χ1n) is 14.6. The van der Waals surface area contributed by atoms with Gasteiger partial charge in [0.05, 0.1) is 6.10 Å². The molecule has 5 fully saturated rings. The minimum Gasteiger partial charge on any atom is -0.396 e. The monoisotopic (exact) mass is 470 g/mol. The van der Waals surface area contributed by atoms with Gasteiger partial charge in [0.15, 0.2) is 0 Å². The van der Waals surface area contributed by atoms with Gasteiger partial charge >= 0.3 is 0 Å². The Labute approximate surface area is 210 Å². The third-order valence-electron chi connectivity index (χ3n) is 15.3. The number of fused-ring (bicyclic) bond motifs is 7. The topological polar surface area (TPSA) is 40.5 Å². The molecular formula is C32H54O2. The molecular weight excluding hydrogens is 416 g/mol. The average Bonchev–Trinajstić information content (AvgIpc) is 3.01. The molecule has 0 bridgehead atoms. The largest absolute Gasteiger partial charge is 0.396 e. The van der Waals surface area contributed by atoms with Gasteiger partial charge in [-0.25, -0.2) is 0 Å². The molecule has 5 saturated carbocycles. The van der Waals surface area contributed by atoms with E-state index in [0.717, 1.165) is 18.8 Å². The van der Waals surface area contributed by atoms with Gasteiger partial charge in [-0.05, 0) is 127 Å². The summed E-state index contributed by atoms with van der Waals surface area (Å²) in [5.41, 5.74) is 2.53. The van der Waals surface area contributed by atoms with E-state index in [-0.39, 0.29) is 27.8 Å². The fraction of sp³-hybridized carbons (Fsp3) is 0.938. The SMILES string of the molecule is C=C(C)[C@]1(C)CC[C@]2(CO)CC[C@]3(C)[C@H](CCC4[C@@]5(C)CC[C@H](O)C(C)(C)C5CC[C@]43C)[C@]21C. The van der Waals surface area contributed by atoms with Crippen molar-refractivity contribution in [2.24, 2.45) is 55.7 Å². The predicted molar refractivity (Wildman–Crippen MR) is 141 cm³/mol. The third kappa shape index (κ3) is 2.52. The molecule has 0 aromatic carbocycles. The molecule has 34 heavy (non-hydrogen) atoms. The van der Waals surface area contributed by atoms with Crippen LogP contribution in [0.1, 0.15) is 120 Å². The van der Waals surface area contributed by atoms with Gasteiger partial charge in [-0.1, -0.05) is 60.6 Å². The zero-order chi connectivity index (χ0) is 25.2. The summed E-state index contributed by atoms with van der Waals surface area (Å²) in [5, 5.41) is 21.9. The van der Waals surface area contributed by atoms with Crippen LogP contribution in [-0.2, 0) is 0 Å². The highest BCUT2D eigenvalue weighted by Crippen LogP contribution is 2.82. The molecule has 0 aliphatic heterocycles. The second-order valence-electron chi connectivity index (χ2n) is 15.7. The van der Waals surface area contributed by atoms with Crippen LogP contribution in [0.4, 0.5) is 0 Å². The molecule has 10 atom stereocenters. The molecule has 2 unspecified atom stereocenters. The maximum absolute atomic E-state index is 11.0. The molecule has 0 radical (unpaired) electrons.